The van der Waals surface area contributed by atoms with E-state index in [4.69, 9.17) is 11.6 Å². The molecule has 20 heavy (non-hydrogen) atoms. The summed E-state index contributed by atoms with van der Waals surface area (Å²) in [5.74, 6) is 0.771. The van der Waals surface area contributed by atoms with Crippen LogP contribution in [0, 0.1) is 6.92 Å². The zero-order valence-electron chi connectivity index (χ0n) is 11.9. The number of nitrogens with one attached hydrogen (secondary N) is 1. The second kappa shape index (κ2) is 5.88. The van der Waals surface area contributed by atoms with Crippen molar-refractivity contribution in [2.24, 2.45) is 0 Å². The van der Waals surface area contributed by atoms with Crippen molar-refractivity contribution >= 4 is 22.9 Å². The van der Waals surface area contributed by atoms with Gasteiger partial charge in [0.15, 0.2) is 0 Å². The van der Waals surface area contributed by atoms with Gasteiger partial charge in [-0.2, -0.15) is 0 Å². The average molecular weight is 306 g/mol. The number of halogens is 1. The van der Waals surface area contributed by atoms with Crippen molar-refractivity contribution in [2.75, 3.05) is 7.05 Å². The van der Waals surface area contributed by atoms with Crippen LogP contribution >= 0.6 is 22.9 Å². The molecule has 0 saturated heterocycles. The van der Waals surface area contributed by atoms with Crippen LogP contribution in [0.25, 0.3) is 0 Å². The molecule has 1 nitrogen and oxygen atoms in total. The van der Waals surface area contributed by atoms with E-state index in [1.807, 2.05) is 7.05 Å². The molecule has 1 aromatic carbocycles. The zero-order valence-corrected chi connectivity index (χ0v) is 13.5. The summed E-state index contributed by atoms with van der Waals surface area (Å²) in [5, 5.41) is 6.46. The van der Waals surface area contributed by atoms with Crippen LogP contribution in [0.2, 0.25) is 5.02 Å². The van der Waals surface area contributed by atoms with Gasteiger partial charge in [0.05, 0.1) is 11.1 Å². The molecule has 0 bridgehead atoms. The summed E-state index contributed by atoms with van der Waals surface area (Å²) in [7, 11) is 2.01. The summed E-state index contributed by atoms with van der Waals surface area (Å²) in [6.45, 7) is 2.07. The Morgan fingerprint density at radius 1 is 1.35 bits per heavy atom. The molecule has 3 heteroatoms. The Morgan fingerprint density at radius 2 is 2.15 bits per heavy atom. The van der Waals surface area contributed by atoms with E-state index >= 15 is 0 Å². The van der Waals surface area contributed by atoms with Crippen molar-refractivity contribution in [1.29, 1.82) is 0 Å². The van der Waals surface area contributed by atoms with E-state index in [9.17, 15) is 0 Å². The van der Waals surface area contributed by atoms with Gasteiger partial charge in [0.25, 0.3) is 0 Å². The first-order chi connectivity index (χ1) is 9.70. The molecule has 0 aliphatic heterocycles. The van der Waals surface area contributed by atoms with Gasteiger partial charge in [-0.1, -0.05) is 42.3 Å². The van der Waals surface area contributed by atoms with Gasteiger partial charge < -0.3 is 5.32 Å². The Morgan fingerprint density at radius 3 is 2.70 bits per heavy atom. The van der Waals surface area contributed by atoms with Gasteiger partial charge >= 0.3 is 0 Å². The van der Waals surface area contributed by atoms with Crippen LogP contribution in [0.4, 0.5) is 0 Å². The number of thiophene rings is 1. The lowest BCUT2D eigenvalue weighted by Gasteiger charge is -2.27. The summed E-state index contributed by atoms with van der Waals surface area (Å²) in [5.41, 5.74) is 3.97. The van der Waals surface area contributed by atoms with Gasteiger partial charge in [-0.25, -0.2) is 0 Å². The minimum absolute atomic E-state index is 0.196. The summed E-state index contributed by atoms with van der Waals surface area (Å²) < 4.78 is 0. The third kappa shape index (κ3) is 2.52. The summed E-state index contributed by atoms with van der Waals surface area (Å²) in [4.78, 5) is 1.22. The standard InChI is InChI=1S/C17H20ClNS/c1-11-10-20-17(15(11)18)16(19-2)14-8-4-7-13(9-14)12-5-3-6-12/h4,7-10,12,16,19H,3,5-6H2,1-2H3. The molecule has 0 radical (unpaired) electrons. The monoisotopic (exact) mass is 305 g/mol. The SMILES string of the molecule is CNC(c1cccc(C2CCC2)c1)c1scc(C)c1Cl. The summed E-state index contributed by atoms with van der Waals surface area (Å²) in [6.07, 6.45) is 4.05. The summed E-state index contributed by atoms with van der Waals surface area (Å²) in [6, 6.07) is 9.20. The minimum Gasteiger partial charge on any atom is -0.309 e. The van der Waals surface area contributed by atoms with Crippen molar-refractivity contribution in [3.8, 4) is 0 Å². The maximum atomic E-state index is 6.44. The minimum atomic E-state index is 0.196. The van der Waals surface area contributed by atoms with Gasteiger partial charge in [0.1, 0.15) is 0 Å². The number of benzene rings is 1. The molecule has 1 saturated carbocycles. The molecule has 2 aromatic rings. The third-order valence-electron chi connectivity index (χ3n) is 4.30. The Balaban J connectivity index is 1.94. The lowest BCUT2D eigenvalue weighted by atomic mass is 9.79. The average Bonchev–Trinajstić information content (AvgIpc) is 2.71. The van der Waals surface area contributed by atoms with Crippen LogP contribution in [0.5, 0.6) is 0 Å². The van der Waals surface area contributed by atoms with Gasteiger partial charge in [-0.3, -0.25) is 0 Å². The third-order valence-corrected chi connectivity index (χ3v) is 6.08. The van der Waals surface area contributed by atoms with Crippen LogP contribution in [-0.2, 0) is 0 Å². The smallest absolute Gasteiger partial charge is 0.0683 e. The van der Waals surface area contributed by atoms with Crippen LogP contribution in [0.15, 0.2) is 29.6 Å². The zero-order chi connectivity index (χ0) is 14.1. The Bertz CT molecular complexity index is 601. The largest absolute Gasteiger partial charge is 0.309 e. The van der Waals surface area contributed by atoms with Crippen LogP contribution in [0.3, 0.4) is 0 Å². The molecule has 1 N–H and O–H groups in total. The number of hydrogen-bond donors (Lipinski definition) is 1. The highest BCUT2D eigenvalue weighted by atomic mass is 35.5. The van der Waals surface area contributed by atoms with E-state index in [1.54, 1.807) is 11.3 Å². The van der Waals surface area contributed by atoms with E-state index in [-0.39, 0.29) is 6.04 Å². The Kier molecular flexibility index (Phi) is 4.16. The fraction of sp³-hybridized carbons (Fsp3) is 0.412. The van der Waals surface area contributed by atoms with Gasteiger partial charge in [0, 0.05) is 4.88 Å². The predicted octanol–water partition coefficient (Wildman–Crippen LogP) is 5.29. The first kappa shape index (κ1) is 14.1. The molecule has 1 fully saturated rings. The lowest BCUT2D eigenvalue weighted by molar-refractivity contribution is 0.419. The van der Waals surface area contributed by atoms with Gasteiger partial charge in [-0.05, 0) is 54.8 Å². The Labute approximate surface area is 130 Å². The number of hydrogen-bond acceptors (Lipinski definition) is 2. The molecule has 1 aliphatic rings. The van der Waals surface area contributed by atoms with Gasteiger partial charge in [0.2, 0.25) is 0 Å². The highest BCUT2D eigenvalue weighted by Gasteiger charge is 2.22. The van der Waals surface area contributed by atoms with E-state index in [1.165, 1.54) is 40.8 Å². The van der Waals surface area contributed by atoms with E-state index in [0.717, 1.165) is 10.9 Å². The molecule has 1 heterocycles. The first-order valence-corrected chi connectivity index (χ1v) is 8.47. The molecule has 1 aromatic heterocycles. The molecule has 1 aliphatic carbocycles. The van der Waals surface area contributed by atoms with E-state index < -0.39 is 0 Å². The van der Waals surface area contributed by atoms with Crippen LogP contribution in [-0.4, -0.2) is 7.05 Å². The van der Waals surface area contributed by atoms with Crippen molar-refractivity contribution < 1.29 is 0 Å². The molecule has 0 spiro atoms. The number of rotatable bonds is 4. The molecule has 1 atom stereocenters. The first-order valence-electron chi connectivity index (χ1n) is 7.21. The van der Waals surface area contributed by atoms with Crippen molar-refractivity contribution in [3.63, 3.8) is 0 Å². The maximum Gasteiger partial charge on any atom is 0.0683 e. The van der Waals surface area contributed by atoms with E-state index in [2.05, 4.69) is 41.9 Å². The Hall–Kier alpha value is -0.830. The highest BCUT2D eigenvalue weighted by molar-refractivity contribution is 7.10. The van der Waals surface area contributed by atoms with Crippen LogP contribution in [0.1, 0.15) is 52.8 Å². The summed E-state index contributed by atoms with van der Waals surface area (Å²) >= 11 is 8.19. The van der Waals surface area contributed by atoms with Crippen molar-refractivity contribution in [2.45, 2.75) is 38.1 Å². The molecular weight excluding hydrogens is 286 g/mol. The van der Waals surface area contributed by atoms with Crippen molar-refractivity contribution in [1.82, 2.24) is 5.32 Å². The molecule has 106 valence electrons. The second-order valence-electron chi connectivity index (χ2n) is 5.62. The van der Waals surface area contributed by atoms with Crippen molar-refractivity contribution in [3.05, 3.63) is 56.2 Å². The fourth-order valence-electron chi connectivity index (χ4n) is 2.83. The second-order valence-corrected chi connectivity index (χ2v) is 6.91. The van der Waals surface area contributed by atoms with E-state index in [0.29, 0.717) is 0 Å². The predicted molar refractivity (Wildman–Crippen MR) is 88.0 cm³/mol. The topological polar surface area (TPSA) is 12.0 Å². The fourth-order valence-corrected chi connectivity index (χ4v) is 4.27. The highest BCUT2D eigenvalue weighted by Crippen LogP contribution is 2.39. The van der Waals surface area contributed by atoms with Crippen LogP contribution < -0.4 is 5.32 Å². The molecular formula is C17H20ClNS. The van der Waals surface area contributed by atoms with Gasteiger partial charge in [-0.15, -0.1) is 11.3 Å². The molecule has 0 amide bonds. The maximum absolute atomic E-state index is 6.44. The number of aryl methyl sites for hydroxylation is 1. The normalized spacial score (nSPS) is 16.9. The molecule has 1 unspecified atom stereocenters. The quantitative estimate of drug-likeness (QED) is 0.809. The molecule has 3 rings (SSSR count). The lowest BCUT2D eigenvalue weighted by Crippen LogP contribution is -2.18.